The average molecular weight is 511 g/mol. The van der Waals surface area contributed by atoms with Crippen LogP contribution in [0.5, 0.6) is 11.5 Å². The van der Waals surface area contributed by atoms with Crippen molar-refractivity contribution in [1.29, 1.82) is 0 Å². The molecular weight excluding hydrogens is 482 g/mol. The van der Waals surface area contributed by atoms with Gasteiger partial charge in [-0.3, -0.25) is 4.79 Å². The van der Waals surface area contributed by atoms with Crippen LogP contribution in [0.25, 0.3) is 11.0 Å². The summed E-state index contributed by atoms with van der Waals surface area (Å²) in [7, 11) is 1.53. The molecule has 1 N–H and O–H groups in total. The number of carboxylic acid groups (broad SMARTS) is 1. The maximum atomic E-state index is 14.0. The van der Waals surface area contributed by atoms with E-state index >= 15 is 0 Å². The SMILES string of the molecule is CC.COc1ccc(C(=O)c2cn(Cc3cccc(OCC(=O)O)c3)c3nc(C(C)(F)F)ccc23)cc1. The van der Waals surface area contributed by atoms with Crippen LogP contribution < -0.4 is 9.47 Å². The zero-order valence-electron chi connectivity index (χ0n) is 21.0. The highest BCUT2D eigenvalue weighted by Gasteiger charge is 2.28. The van der Waals surface area contributed by atoms with E-state index in [1.807, 2.05) is 13.8 Å². The van der Waals surface area contributed by atoms with Crippen LogP contribution in [0.15, 0.2) is 66.9 Å². The number of halogens is 2. The molecule has 0 aliphatic carbocycles. The zero-order valence-corrected chi connectivity index (χ0v) is 21.0. The van der Waals surface area contributed by atoms with E-state index < -0.39 is 24.2 Å². The first-order chi connectivity index (χ1) is 17.7. The Hall–Kier alpha value is -4.27. The fourth-order valence-electron chi connectivity index (χ4n) is 3.68. The Morgan fingerprint density at radius 3 is 2.35 bits per heavy atom. The van der Waals surface area contributed by atoms with E-state index in [1.54, 1.807) is 59.3 Å². The average Bonchev–Trinajstić information content (AvgIpc) is 3.25. The first-order valence-electron chi connectivity index (χ1n) is 11.7. The molecular formula is C28H28F2N2O5. The maximum absolute atomic E-state index is 14.0. The molecule has 0 unspecified atom stereocenters. The minimum absolute atomic E-state index is 0.197. The van der Waals surface area contributed by atoms with Gasteiger partial charge in [-0.25, -0.2) is 9.78 Å². The predicted molar refractivity (Wildman–Crippen MR) is 136 cm³/mol. The molecule has 0 bridgehead atoms. The quantitative estimate of drug-likeness (QED) is 0.281. The van der Waals surface area contributed by atoms with E-state index in [4.69, 9.17) is 14.6 Å². The number of nitrogens with zero attached hydrogens (tertiary/aromatic N) is 2. The molecule has 0 amide bonds. The largest absolute Gasteiger partial charge is 0.497 e. The lowest BCUT2D eigenvalue weighted by molar-refractivity contribution is -0.139. The van der Waals surface area contributed by atoms with Crippen molar-refractivity contribution in [1.82, 2.24) is 9.55 Å². The van der Waals surface area contributed by atoms with E-state index in [0.29, 0.717) is 33.6 Å². The Morgan fingerprint density at radius 1 is 1.03 bits per heavy atom. The van der Waals surface area contributed by atoms with Crippen molar-refractivity contribution in [2.45, 2.75) is 33.2 Å². The summed E-state index contributed by atoms with van der Waals surface area (Å²) in [6, 6.07) is 16.1. The van der Waals surface area contributed by atoms with E-state index in [-0.39, 0.29) is 18.0 Å². The molecule has 0 atom stereocenters. The van der Waals surface area contributed by atoms with Crippen molar-refractivity contribution in [3.05, 3.63) is 89.2 Å². The summed E-state index contributed by atoms with van der Waals surface area (Å²) in [5.41, 5.74) is 1.27. The minimum Gasteiger partial charge on any atom is -0.497 e. The Kier molecular flexibility index (Phi) is 8.60. The molecule has 0 aliphatic rings. The number of carboxylic acids is 1. The van der Waals surface area contributed by atoms with Crippen LogP contribution in [0, 0.1) is 0 Å². The molecule has 9 heteroatoms. The third-order valence-corrected chi connectivity index (χ3v) is 5.38. The smallest absolute Gasteiger partial charge is 0.341 e. The first kappa shape index (κ1) is 27.3. The summed E-state index contributed by atoms with van der Waals surface area (Å²) in [6.07, 6.45) is 1.59. The number of benzene rings is 2. The van der Waals surface area contributed by atoms with Crippen molar-refractivity contribution in [3.63, 3.8) is 0 Å². The fraction of sp³-hybridized carbons (Fsp3) is 0.250. The van der Waals surface area contributed by atoms with E-state index in [1.165, 1.54) is 19.2 Å². The summed E-state index contributed by atoms with van der Waals surface area (Å²) >= 11 is 0. The highest BCUT2D eigenvalue weighted by molar-refractivity contribution is 6.16. The topological polar surface area (TPSA) is 90.7 Å². The van der Waals surface area contributed by atoms with Gasteiger partial charge in [0.05, 0.1) is 7.11 Å². The van der Waals surface area contributed by atoms with Crippen molar-refractivity contribution >= 4 is 22.8 Å². The molecule has 194 valence electrons. The number of methoxy groups -OCH3 is 1. The number of fused-ring (bicyclic) bond motifs is 1. The molecule has 0 aliphatic heterocycles. The van der Waals surface area contributed by atoms with E-state index in [9.17, 15) is 18.4 Å². The van der Waals surface area contributed by atoms with Gasteiger partial charge in [-0.15, -0.1) is 0 Å². The number of pyridine rings is 1. The van der Waals surface area contributed by atoms with Gasteiger partial charge in [0.2, 0.25) is 0 Å². The van der Waals surface area contributed by atoms with Crippen LogP contribution in [0.2, 0.25) is 0 Å². The van der Waals surface area contributed by atoms with Gasteiger partial charge in [0.15, 0.2) is 12.4 Å². The molecule has 2 heterocycles. The lowest BCUT2D eigenvalue weighted by atomic mass is 10.0. The monoisotopic (exact) mass is 510 g/mol. The Bertz CT molecular complexity index is 1390. The van der Waals surface area contributed by atoms with Gasteiger partial charge < -0.3 is 19.1 Å². The van der Waals surface area contributed by atoms with Crippen LogP contribution in [-0.4, -0.2) is 40.1 Å². The summed E-state index contributed by atoms with van der Waals surface area (Å²) in [5.74, 6) is -3.60. The van der Waals surface area contributed by atoms with Gasteiger partial charge in [-0.1, -0.05) is 26.0 Å². The molecule has 0 fully saturated rings. The molecule has 2 aromatic heterocycles. The summed E-state index contributed by atoms with van der Waals surface area (Å²) in [5, 5.41) is 9.27. The number of hydrogen-bond donors (Lipinski definition) is 1. The second-order valence-electron chi connectivity index (χ2n) is 8.01. The number of ketones is 1. The van der Waals surface area contributed by atoms with Gasteiger partial charge >= 0.3 is 5.97 Å². The minimum atomic E-state index is -3.16. The second kappa shape index (κ2) is 11.6. The van der Waals surface area contributed by atoms with Gasteiger partial charge in [0, 0.05) is 36.2 Å². The zero-order chi connectivity index (χ0) is 27.2. The fourth-order valence-corrected chi connectivity index (χ4v) is 3.68. The number of rotatable bonds is 9. The van der Waals surface area contributed by atoms with E-state index in [2.05, 4.69) is 4.98 Å². The predicted octanol–water partition coefficient (Wildman–Crippen LogP) is 5.93. The van der Waals surface area contributed by atoms with Crippen LogP contribution in [0.1, 0.15) is 48.0 Å². The highest BCUT2D eigenvalue weighted by Crippen LogP contribution is 2.30. The van der Waals surface area contributed by atoms with Crippen LogP contribution >= 0.6 is 0 Å². The normalized spacial score (nSPS) is 11.0. The lowest BCUT2D eigenvalue weighted by Gasteiger charge is -2.11. The summed E-state index contributed by atoms with van der Waals surface area (Å²) in [4.78, 5) is 28.3. The maximum Gasteiger partial charge on any atom is 0.341 e. The molecule has 4 rings (SSSR count). The van der Waals surface area contributed by atoms with Crippen molar-refractivity contribution in [3.8, 4) is 11.5 Å². The van der Waals surface area contributed by atoms with Crippen LogP contribution in [0.4, 0.5) is 8.78 Å². The number of alkyl halides is 2. The number of carbonyl (C=O) groups is 2. The Balaban J connectivity index is 0.00000186. The van der Waals surface area contributed by atoms with Crippen molar-refractivity contribution in [2.24, 2.45) is 0 Å². The molecule has 7 nitrogen and oxygen atoms in total. The van der Waals surface area contributed by atoms with E-state index in [0.717, 1.165) is 6.92 Å². The molecule has 0 saturated heterocycles. The molecule has 0 spiro atoms. The number of aromatic nitrogens is 2. The molecule has 4 aromatic rings. The number of aliphatic carboxylic acids is 1. The van der Waals surface area contributed by atoms with Gasteiger partial charge in [-0.05, 0) is 54.1 Å². The lowest BCUT2D eigenvalue weighted by Crippen LogP contribution is -2.11. The molecule has 0 radical (unpaired) electrons. The molecule has 2 aromatic carbocycles. The van der Waals surface area contributed by atoms with Crippen LogP contribution in [0.3, 0.4) is 0 Å². The number of carbonyl (C=O) groups excluding carboxylic acids is 1. The number of hydrogen-bond acceptors (Lipinski definition) is 5. The first-order valence-corrected chi connectivity index (χ1v) is 11.7. The van der Waals surface area contributed by atoms with Crippen LogP contribution in [-0.2, 0) is 17.3 Å². The van der Waals surface area contributed by atoms with Gasteiger partial charge in [0.1, 0.15) is 22.8 Å². The summed E-state index contributed by atoms with van der Waals surface area (Å²) in [6.45, 7) is 4.47. The number of ether oxygens (including phenoxy) is 2. The Morgan fingerprint density at radius 2 is 1.73 bits per heavy atom. The highest BCUT2D eigenvalue weighted by atomic mass is 19.3. The van der Waals surface area contributed by atoms with Crippen molar-refractivity contribution < 1.29 is 33.0 Å². The third-order valence-electron chi connectivity index (χ3n) is 5.38. The third kappa shape index (κ3) is 6.49. The Labute approximate surface area is 213 Å². The standard InChI is InChI=1S/C26H22F2N2O5.C2H6/c1-26(27,28)22-11-10-20-21(24(33)17-6-8-18(34-2)9-7-17)14-30(25(20)29-22)13-16-4-3-5-19(12-16)35-15-23(31)32;1-2/h3-12,14H,13,15H2,1-2H3,(H,31,32);1-2H3. The second-order valence-corrected chi connectivity index (χ2v) is 8.01. The molecule has 37 heavy (non-hydrogen) atoms. The van der Waals surface area contributed by atoms with Gasteiger partial charge in [0.25, 0.3) is 5.92 Å². The van der Waals surface area contributed by atoms with Crippen molar-refractivity contribution in [2.75, 3.05) is 13.7 Å². The van der Waals surface area contributed by atoms with Gasteiger partial charge in [-0.2, -0.15) is 8.78 Å². The molecule has 0 saturated carbocycles. The summed E-state index contributed by atoms with van der Waals surface area (Å²) < 4.78 is 40.1.